The van der Waals surface area contributed by atoms with Crippen molar-refractivity contribution in [2.24, 2.45) is 0 Å². The molecule has 0 saturated carbocycles. The number of aryl methyl sites for hydroxylation is 2. The molecule has 0 aliphatic carbocycles. The van der Waals surface area contributed by atoms with Gasteiger partial charge in [0.2, 0.25) is 0 Å². The number of hydrogen-bond donors (Lipinski definition) is 0. The second-order valence-corrected chi connectivity index (χ2v) is 17.3. The lowest BCUT2D eigenvalue weighted by Gasteiger charge is -2.31. The van der Waals surface area contributed by atoms with Crippen LogP contribution in [0.25, 0.3) is 11.1 Å². The fraction of sp³-hybridized carbons (Fsp3) is 0.684. The standard InChI is InChI=1S/C38H62Si/c1-5-7-9-11-13-15-17-19-21-23-29-39(30-24-22-20-18-16-14-12-10-8-6-2)37-31-33(3)25-27-35(37)36-28-26-34(4)32-38(36)39/h25-28,31-32H,5-24,29-30H2,1-4H3. The highest BCUT2D eigenvalue weighted by Crippen LogP contribution is 2.36. The van der Waals surface area contributed by atoms with E-state index in [1.165, 1.54) is 152 Å². The largest absolute Gasteiger partial charge is 0.119 e. The van der Waals surface area contributed by atoms with Crippen molar-refractivity contribution in [3.63, 3.8) is 0 Å². The van der Waals surface area contributed by atoms with Crippen LogP contribution in [0.4, 0.5) is 0 Å². The first kappa shape index (κ1) is 32.2. The predicted octanol–water partition coefficient (Wildman–Crippen LogP) is 11.7. The predicted molar refractivity (Wildman–Crippen MR) is 180 cm³/mol. The third kappa shape index (κ3) is 9.91. The molecule has 0 aromatic heterocycles. The fourth-order valence-electron chi connectivity index (χ4n) is 7.21. The van der Waals surface area contributed by atoms with Gasteiger partial charge in [-0.15, -0.1) is 0 Å². The first-order chi connectivity index (χ1) is 19.1. The minimum absolute atomic E-state index is 1.36. The van der Waals surface area contributed by atoms with Crippen molar-refractivity contribution in [2.45, 2.75) is 168 Å². The zero-order valence-corrected chi connectivity index (χ0v) is 27.5. The molecule has 39 heavy (non-hydrogen) atoms. The molecule has 218 valence electrons. The van der Waals surface area contributed by atoms with Gasteiger partial charge in [0.15, 0.2) is 0 Å². The van der Waals surface area contributed by atoms with Crippen LogP contribution < -0.4 is 10.4 Å². The van der Waals surface area contributed by atoms with Crippen molar-refractivity contribution >= 4 is 18.4 Å². The van der Waals surface area contributed by atoms with Crippen LogP contribution in [0.2, 0.25) is 12.1 Å². The Morgan fingerprint density at radius 2 is 0.718 bits per heavy atom. The minimum Gasteiger partial charge on any atom is -0.0654 e. The molecule has 3 rings (SSSR count). The van der Waals surface area contributed by atoms with E-state index in [0.717, 1.165) is 0 Å². The van der Waals surface area contributed by atoms with Crippen LogP contribution in [-0.4, -0.2) is 8.07 Å². The van der Waals surface area contributed by atoms with Crippen LogP contribution in [0.15, 0.2) is 36.4 Å². The average molecular weight is 547 g/mol. The molecule has 1 aliphatic rings. The zero-order chi connectivity index (χ0) is 27.8. The summed E-state index contributed by atoms with van der Waals surface area (Å²) in [5.41, 5.74) is 6.09. The number of fused-ring (bicyclic) bond motifs is 3. The highest BCUT2D eigenvalue weighted by Gasteiger charge is 2.44. The summed E-state index contributed by atoms with van der Waals surface area (Å²) in [5.74, 6) is 0. The molecule has 0 nitrogen and oxygen atoms in total. The molecule has 1 heterocycles. The van der Waals surface area contributed by atoms with Gasteiger partial charge in [0.25, 0.3) is 0 Å². The average Bonchev–Trinajstić information content (AvgIpc) is 3.19. The molecular formula is C38H62Si. The van der Waals surface area contributed by atoms with Crippen molar-refractivity contribution in [3.05, 3.63) is 47.5 Å². The van der Waals surface area contributed by atoms with E-state index in [-0.39, 0.29) is 0 Å². The molecular weight excluding hydrogens is 485 g/mol. The summed E-state index contributed by atoms with van der Waals surface area (Å²) in [6.07, 6.45) is 28.7. The van der Waals surface area contributed by atoms with Crippen LogP contribution in [0.5, 0.6) is 0 Å². The summed E-state index contributed by atoms with van der Waals surface area (Å²) < 4.78 is 0. The van der Waals surface area contributed by atoms with E-state index in [4.69, 9.17) is 0 Å². The van der Waals surface area contributed by atoms with Gasteiger partial charge in [-0.05, 0) is 47.4 Å². The topological polar surface area (TPSA) is 0 Å². The quantitative estimate of drug-likeness (QED) is 0.102. The molecule has 0 amide bonds. The van der Waals surface area contributed by atoms with Crippen molar-refractivity contribution in [1.29, 1.82) is 0 Å². The number of unbranched alkanes of at least 4 members (excludes halogenated alkanes) is 18. The maximum atomic E-state index is 2.61. The van der Waals surface area contributed by atoms with Crippen LogP contribution in [0.1, 0.15) is 153 Å². The van der Waals surface area contributed by atoms with Crippen molar-refractivity contribution < 1.29 is 0 Å². The van der Waals surface area contributed by atoms with E-state index in [9.17, 15) is 0 Å². The molecule has 0 spiro atoms. The maximum absolute atomic E-state index is 2.61. The van der Waals surface area contributed by atoms with Gasteiger partial charge < -0.3 is 0 Å². The molecule has 0 unspecified atom stereocenters. The van der Waals surface area contributed by atoms with Gasteiger partial charge in [-0.2, -0.15) is 0 Å². The van der Waals surface area contributed by atoms with E-state index in [1.54, 1.807) is 21.5 Å². The third-order valence-corrected chi connectivity index (χ3v) is 14.9. The van der Waals surface area contributed by atoms with E-state index in [1.807, 2.05) is 0 Å². The lowest BCUT2D eigenvalue weighted by Crippen LogP contribution is -2.55. The van der Waals surface area contributed by atoms with Gasteiger partial charge in [-0.3, -0.25) is 0 Å². The Morgan fingerprint density at radius 3 is 1.05 bits per heavy atom. The van der Waals surface area contributed by atoms with Crippen LogP contribution in [0, 0.1) is 13.8 Å². The monoisotopic (exact) mass is 546 g/mol. The van der Waals surface area contributed by atoms with Gasteiger partial charge >= 0.3 is 0 Å². The molecule has 0 fully saturated rings. The minimum atomic E-state index is -1.72. The first-order valence-corrected chi connectivity index (χ1v) is 19.8. The second-order valence-electron chi connectivity index (χ2n) is 13.0. The van der Waals surface area contributed by atoms with E-state index in [0.29, 0.717) is 0 Å². The Kier molecular flexibility index (Phi) is 15.0. The molecule has 0 radical (unpaired) electrons. The molecule has 0 saturated heterocycles. The maximum Gasteiger partial charge on any atom is 0.119 e. The second kappa shape index (κ2) is 18.2. The van der Waals surface area contributed by atoms with Crippen LogP contribution in [0.3, 0.4) is 0 Å². The van der Waals surface area contributed by atoms with Gasteiger partial charge in [0.1, 0.15) is 8.07 Å². The zero-order valence-electron chi connectivity index (χ0n) is 26.5. The Morgan fingerprint density at radius 1 is 0.410 bits per heavy atom. The van der Waals surface area contributed by atoms with E-state index in [2.05, 4.69) is 64.1 Å². The van der Waals surface area contributed by atoms with E-state index >= 15 is 0 Å². The smallest absolute Gasteiger partial charge is 0.0654 e. The summed E-state index contributed by atoms with van der Waals surface area (Å²) in [6.45, 7) is 9.26. The van der Waals surface area contributed by atoms with Crippen LogP contribution in [-0.2, 0) is 0 Å². The van der Waals surface area contributed by atoms with Gasteiger partial charge in [0.05, 0.1) is 0 Å². The van der Waals surface area contributed by atoms with Gasteiger partial charge in [-0.1, -0.05) is 190 Å². The molecule has 0 N–H and O–H groups in total. The SMILES string of the molecule is CCCCCCCCCCCC[Si]1(CCCCCCCCCCCC)c2cc(C)ccc2-c2ccc(C)cc21. The Labute approximate surface area is 244 Å². The highest BCUT2D eigenvalue weighted by atomic mass is 28.3. The number of rotatable bonds is 22. The summed E-state index contributed by atoms with van der Waals surface area (Å²) >= 11 is 0. The normalized spacial score (nSPS) is 13.5. The Hall–Kier alpha value is -1.34. The Bertz CT molecular complexity index is 864. The van der Waals surface area contributed by atoms with E-state index < -0.39 is 8.07 Å². The van der Waals surface area contributed by atoms with Crippen LogP contribution >= 0.6 is 0 Å². The van der Waals surface area contributed by atoms with Gasteiger partial charge in [0, 0.05) is 0 Å². The van der Waals surface area contributed by atoms with Crippen molar-refractivity contribution in [1.82, 2.24) is 0 Å². The molecule has 0 bridgehead atoms. The lowest BCUT2D eigenvalue weighted by atomic mass is 10.0. The number of benzene rings is 2. The molecule has 0 atom stereocenters. The molecule has 2 aromatic carbocycles. The van der Waals surface area contributed by atoms with Gasteiger partial charge in [-0.25, -0.2) is 0 Å². The lowest BCUT2D eigenvalue weighted by molar-refractivity contribution is 0.559. The third-order valence-electron chi connectivity index (χ3n) is 9.59. The molecule has 1 aliphatic heterocycles. The molecule has 2 aromatic rings. The fourth-order valence-corrected chi connectivity index (χ4v) is 13.0. The van der Waals surface area contributed by atoms with Crippen molar-refractivity contribution in [3.8, 4) is 11.1 Å². The number of hydrogen-bond acceptors (Lipinski definition) is 0. The summed E-state index contributed by atoms with van der Waals surface area (Å²) in [4.78, 5) is 0. The summed E-state index contributed by atoms with van der Waals surface area (Å²) in [5, 5.41) is 3.57. The first-order valence-electron chi connectivity index (χ1n) is 17.3. The highest BCUT2D eigenvalue weighted by molar-refractivity contribution is 7.05. The summed E-state index contributed by atoms with van der Waals surface area (Å²) in [7, 11) is -1.72. The van der Waals surface area contributed by atoms with Crippen molar-refractivity contribution in [2.75, 3.05) is 0 Å². The molecule has 1 heteroatoms. The Balaban J connectivity index is 1.59. The summed E-state index contributed by atoms with van der Waals surface area (Å²) in [6, 6.07) is 17.8.